The number of hydrogen-bond donors (Lipinski definition) is 1. The first-order chi connectivity index (χ1) is 8.11. The largest absolute Gasteiger partial charge is 0.362 e. The summed E-state index contributed by atoms with van der Waals surface area (Å²) in [6.07, 6.45) is 0. The quantitative estimate of drug-likeness (QED) is 0.903. The molecule has 1 heterocycles. The molecular weight excluding hydrogens is 283 g/mol. The minimum atomic E-state index is -0.146. The van der Waals surface area contributed by atoms with Gasteiger partial charge in [-0.25, -0.2) is 4.39 Å². The summed E-state index contributed by atoms with van der Waals surface area (Å²) in [4.78, 5) is 2.18. The Labute approximate surface area is 110 Å². The van der Waals surface area contributed by atoms with E-state index < -0.39 is 0 Å². The summed E-state index contributed by atoms with van der Waals surface area (Å²) in [7, 11) is 0. The van der Waals surface area contributed by atoms with Crippen LogP contribution in [0.3, 0.4) is 0 Å². The van der Waals surface area contributed by atoms with Crippen LogP contribution >= 0.6 is 15.9 Å². The average Bonchev–Trinajstić information content (AvgIpc) is 2.29. The van der Waals surface area contributed by atoms with Crippen LogP contribution in [-0.4, -0.2) is 25.7 Å². The van der Waals surface area contributed by atoms with Crippen molar-refractivity contribution in [2.24, 2.45) is 5.92 Å². The van der Waals surface area contributed by atoms with Gasteiger partial charge >= 0.3 is 0 Å². The molecule has 4 heteroatoms. The van der Waals surface area contributed by atoms with E-state index in [0.29, 0.717) is 17.6 Å². The van der Waals surface area contributed by atoms with Crippen LogP contribution < -0.4 is 10.2 Å². The number of halogens is 2. The molecule has 0 saturated carbocycles. The van der Waals surface area contributed by atoms with E-state index in [0.717, 1.165) is 24.1 Å². The summed E-state index contributed by atoms with van der Waals surface area (Å²) in [6.45, 7) is 7.03. The molecule has 0 aromatic heterocycles. The first kappa shape index (κ1) is 12.8. The molecule has 2 rings (SSSR count). The molecule has 1 aliphatic rings. The Morgan fingerprint density at radius 2 is 2.24 bits per heavy atom. The van der Waals surface area contributed by atoms with Gasteiger partial charge in [-0.1, -0.05) is 19.9 Å². The summed E-state index contributed by atoms with van der Waals surface area (Å²) < 4.78 is 14.8. The highest BCUT2D eigenvalue weighted by molar-refractivity contribution is 9.10. The summed E-state index contributed by atoms with van der Waals surface area (Å²) >= 11 is 3.46. The van der Waals surface area contributed by atoms with Crippen LogP contribution in [0.2, 0.25) is 0 Å². The summed E-state index contributed by atoms with van der Waals surface area (Å²) in [5.74, 6) is 0.348. The van der Waals surface area contributed by atoms with Crippen molar-refractivity contribution >= 4 is 21.6 Å². The highest BCUT2D eigenvalue weighted by Crippen LogP contribution is 2.32. The third-order valence-electron chi connectivity index (χ3n) is 3.28. The van der Waals surface area contributed by atoms with Crippen molar-refractivity contribution in [3.63, 3.8) is 0 Å². The molecule has 94 valence electrons. The van der Waals surface area contributed by atoms with Crippen molar-refractivity contribution in [3.05, 3.63) is 28.5 Å². The minimum Gasteiger partial charge on any atom is -0.362 e. The van der Waals surface area contributed by atoms with Gasteiger partial charge in [0, 0.05) is 30.1 Å². The Morgan fingerprint density at radius 3 is 2.88 bits per heavy atom. The Balaban J connectivity index is 2.36. The maximum Gasteiger partial charge on any atom is 0.147 e. The van der Waals surface area contributed by atoms with Crippen LogP contribution in [0, 0.1) is 11.7 Å². The molecule has 1 N–H and O–H groups in total. The van der Waals surface area contributed by atoms with Crippen LogP contribution in [0.15, 0.2) is 22.7 Å². The van der Waals surface area contributed by atoms with Crippen LogP contribution in [0.5, 0.6) is 0 Å². The fourth-order valence-corrected chi connectivity index (χ4v) is 2.93. The molecule has 1 fully saturated rings. The number of nitrogens with zero attached hydrogens (tertiary/aromatic N) is 1. The highest BCUT2D eigenvalue weighted by Gasteiger charge is 2.28. The zero-order valence-corrected chi connectivity index (χ0v) is 11.8. The molecule has 1 aromatic rings. The minimum absolute atomic E-state index is 0.146. The predicted molar refractivity (Wildman–Crippen MR) is 72.9 cm³/mol. The van der Waals surface area contributed by atoms with Gasteiger partial charge in [-0.3, -0.25) is 0 Å². The first-order valence-corrected chi connectivity index (χ1v) is 6.82. The molecule has 0 aliphatic carbocycles. The molecule has 17 heavy (non-hydrogen) atoms. The number of anilines is 1. The van der Waals surface area contributed by atoms with E-state index in [2.05, 4.69) is 40.0 Å². The molecular formula is C13H18BrFN2. The number of nitrogens with one attached hydrogen (secondary N) is 1. The summed E-state index contributed by atoms with van der Waals surface area (Å²) in [5.41, 5.74) is 0.702. The second kappa shape index (κ2) is 5.36. The number of benzene rings is 1. The van der Waals surface area contributed by atoms with Gasteiger partial charge in [0.05, 0.1) is 5.69 Å². The third-order valence-corrected chi connectivity index (χ3v) is 3.92. The van der Waals surface area contributed by atoms with Crippen molar-refractivity contribution in [1.29, 1.82) is 0 Å². The topological polar surface area (TPSA) is 15.3 Å². The number of para-hydroxylation sites is 1. The Hall–Kier alpha value is -0.610. The molecule has 1 aliphatic heterocycles. The lowest BCUT2D eigenvalue weighted by atomic mass is 9.99. The van der Waals surface area contributed by atoms with Crippen LogP contribution in [-0.2, 0) is 0 Å². The van der Waals surface area contributed by atoms with Gasteiger partial charge in [0.2, 0.25) is 0 Å². The van der Waals surface area contributed by atoms with Gasteiger partial charge in [-0.15, -0.1) is 0 Å². The van der Waals surface area contributed by atoms with Crippen LogP contribution in [0.4, 0.5) is 10.1 Å². The molecule has 1 unspecified atom stereocenters. The van der Waals surface area contributed by atoms with E-state index in [1.165, 1.54) is 6.07 Å². The van der Waals surface area contributed by atoms with E-state index in [4.69, 9.17) is 0 Å². The lowest BCUT2D eigenvalue weighted by Gasteiger charge is -2.40. The van der Waals surface area contributed by atoms with Crippen molar-refractivity contribution in [3.8, 4) is 0 Å². The number of piperazine rings is 1. The fourth-order valence-electron chi connectivity index (χ4n) is 2.36. The van der Waals surface area contributed by atoms with E-state index >= 15 is 0 Å². The lowest BCUT2D eigenvalue weighted by Crippen LogP contribution is -2.54. The van der Waals surface area contributed by atoms with Gasteiger partial charge in [-0.2, -0.15) is 0 Å². The maximum atomic E-state index is 14.0. The van der Waals surface area contributed by atoms with Gasteiger partial charge in [0.25, 0.3) is 0 Å². The second-order valence-electron chi connectivity index (χ2n) is 4.78. The smallest absolute Gasteiger partial charge is 0.147 e. The monoisotopic (exact) mass is 300 g/mol. The van der Waals surface area contributed by atoms with E-state index in [9.17, 15) is 4.39 Å². The molecule has 0 radical (unpaired) electrons. The van der Waals surface area contributed by atoms with Crippen molar-refractivity contribution in [2.45, 2.75) is 19.9 Å². The molecule has 2 nitrogen and oxygen atoms in total. The molecule has 1 aromatic carbocycles. The van der Waals surface area contributed by atoms with Gasteiger partial charge in [0.15, 0.2) is 0 Å². The lowest BCUT2D eigenvalue weighted by molar-refractivity contribution is 0.386. The summed E-state index contributed by atoms with van der Waals surface area (Å²) in [5, 5.41) is 3.38. The SMILES string of the molecule is CC(C)C1CNCCN1c1c(F)cccc1Br. The van der Waals surface area contributed by atoms with Gasteiger partial charge < -0.3 is 10.2 Å². The number of hydrogen-bond acceptors (Lipinski definition) is 2. The standard InChI is InChI=1S/C13H18BrFN2/c1-9(2)12-8-16-6-7-17(12)13-10(14)4-3-5-11(13)15/h3-5,9,12,16H,6-8H2,1-2H3. The molecule has 0 spiro atoms. The molecule has 1 saturated heterocycles. The average molecular weight is 301 g/mol. The molecule has 0 amide bonds. The van der Waals surface area contributed by atoms with E-state index in [1.54, 1.807) is 6.07 Å². The van der Waals surface area contributed by atoms with E-state index in [1.807, 2.05) is 6.07 Å². The third kappa shape index (κ3) is 2.63. The fraction of sp³-hybridized carbons (Fsp3) is 0.538. The zero-order valence-electron chi connectivity index (χ0n) is 10.2. The van der Waals surface area contributed by atoms with Gasteiger partial charge in [-0.05, 0) is 34.0 Å². The Kier molecular flexibility index (Phi) is 4.05. The maximum absolute atomic E-state index is 14.0. The predicted octanol–water partition coefficient (Wildman–Crippen LogP) is 3.02. The van der Waals surface area contributed by atoms with Crippen molar-refractivity contribution in [1.82, 2.24) is 5.32 Å². The second-order valence-corrected chi connectivity index (χ2v) is 5.63. The zero-order chi connectivity index (χ0) is 12.4. The van der Waals surface area contributed by atoms with Crippen LogP contribution in [0.25, 0.3) is 0 Å². The van der Waals surface area contributed by atoms with Crippen molar-refractivity contribution in [2.75, 3.05) is 24.5 Å². The van der Waals surface area contributed by atoms with Crippen LogP contribution in [0.1, 0.15) is 13.8 Å². The van der Waals surface area contributed by atoms with Crippen molar-refractivity contribution < 1.29 is 4.39 Å². The summed E-state index contributed by atoms with van der Waals surface area (Å²) in [6, 6.07) is 5.50. The Morgan fingerprint density at radius 1 is 1.47 bits per heavy atom. The van der Waals surface area contributed by atoms with E-state index in [-0.39, 0.29) is 5.82 Å². The Bertz CT molecular complexity index is 375. The molecule has 1 atom stereocenters. The normalized spacial score (nSPS) is 21.0. The highest BCUT2D eigenvalue weighted by atomic mass is 79.9. The van der Waals surface area contributed by atoms with Gasteiger partial charge in [0.1, 0.15) is 5.82 Å². The number of rotatable bonds is 2. The first-order valence-electron chi connectivity index (χ1n) is 6.02. The molecule has 0 bridgehead atoms.